The highest BCUT2D eigenvalue weighted by atomic mass is 32.2. The Kier molecular flexibility index (Phi) is 8.40. The molecule has 2 aromatic rings. The number of para-hydroxylation sites is 2. The van der Waals surface area contributed by atoms with E-state index >= 15 is 0 Å². The molecule has 0 heterocycles. The van der Waals surface area contributed by atoms with Crippen LogP contribution < -0.4 is 14.8 Å². The number of hydrogen-bond acceptors (Lipinski definition) is 6. The molecule has 0 fully saturated rings. The molecule has 2 rings (SSSR count). The zero-order valence-corrected chi connectivity index (χ0v) is 20.1. The van der Waals surface area contributed by atoms with Crippen LogP contribution in [0.25, 0.3) is 0 Å². The van der Waals surface area contributed by atoms with E-state index in [1.165, 1.54) is 7.11 Å². The van der Waals surface area contributed by atoms with Gasteiger partial charge in [0.2, 0.25) is 10.0 Å². The fourth-order valence-electron chi connectivity index (χ4n) is 3.38. The highest BCUT2D eigenvalue weighted by Crippen LogP contribution is 2.29. The minimum Gasteiger partial charge on any atom is -0.495 e. The number of rotatable bonds is 9. The number of hydrogen-bond donors (Lipinski definition) is 2. The highest BCUT2D eigenvalue weighted by Gasteiger charge is 2.23. The topological polar surface area (TPSA) is 111 Å². The maximum atomic E-state index is 12.9. The summed E-state index contributed by atoms with van der Waals surface area (Å²) in [5.74, 6) is -0.735. The molecule has 0 unspecified atom stereocenters. The van der Waals surface area contributed by atoms with Crippen molar-refractivity contribution in [2.75, 3.05) is 25.6 Å². The summed E-state index contributed by atoms with van der Waals surface area (Å²) in [5, 5.41) is 2.59. The van der Waals surface area contributed by atoms with Crippen LogP contribution in [-0.4, -0.2) is 40.6 Å². The predicted octanol–water partition coefficient (Wildman–Crippen LogP) is 3.09. The molecule has 0 aromatic heterocycles. The van der Waals surface area contributed by atoms with Crippen LogP contribution in [0.1, 0.15) is 34.2 Å². The van der Waals surface area contributed by atoms with Crippen molar-refractivity contribution >= 4 is 27.6 Å². The van der Waals surface area contributed by atoms with E-state index in [4.69, 9.17) is 9.47 Å². The van der Waals surface area contributed by atoms with Gasteiger partial charge in [-0.25, -0.2) is 13.1 Å². The molecule has 9 heteroatoms. The molecular formula is C23H30N2O6S. The average molecular weight is 463 g/mol. The molecule has 0 atom stereocenters. The Morgan fingerprint density at radius 1 is 0.906 bits per heavy atom. The van der Waals surface area contributed by atoms with Crippen LogP contribution in [0.5, 0.6) is 5.75 Å². The lowest BCUT2D eigenvalue weighted by Crippen LogP contribution is -2.29. The van der Waals surface area contributed by atoms with Crippen LogP contribution in [0.3, 0.4) is 0 Å². The standard InChI is InChI=1S/C23H30N2O6S/c1-14-15(2)17(4)23(18(5)16(14)3)32(28,29)24-12-11-22(27)31-13-21(26)25-19-9-7-8-10-20(19)30-6/h7-10,24H,11-13H2,1-6H3,(H,25,26). The maximum Gasteiger partial charge on any atom is 0.307 e. The first-order valence-electron chi connectivity index (χ1n) is 10.1. The third-order valence-electron chi connectivity index (χ3n) is 5.57. The SMILES string of the molecule is COc1ccccc1NC(=O)COC(=O)CCNS(=O)(=O)c1c(C)c(C)c(C)c(C)c1C. The fourth-order valence-corrected chi connectivity index (χ4v) is 5.01. The summed E-state index contributed by atoms with van der Waals surface area (Å²) in [4.78, 5) is 24.2. The van der Waals surface area contributed by atoms with E-state index in [1.807, 2.05) is 20.8 Å². The molecule has 0 aliphatic rings. The van der Waals surface area contributed by atoms with E-state index in [2.05, 4.69) is 10.0 Å². The molecule has 0 aliphatic heterocycles. The summed E-state index contributed by atoms with van der Waals surface area (Å²) in [7, 11) is -2.33. The van der Waals surface area contributed by atoms with Gasteiger partial charge in [0.25, 0.3) is 5.91 Å². The lowest BCUT2D eigenvalue weighted by molar-refractivity contribution is -0.147. The van der Waals surface area contributed by atoms with Crippen molar-refractivity contribution in [2.45, 2.75) is 45.9 Å². The fraction of sp³-hybridized carbons (Fsp3) is 0.391. The van der Waals surface area contributed by atoms with Gasteiger partial charge in [-0.2, -0.15) is 0 Å². The van der Waals surface area contributed by atoms with Gasteiger partial charge in [-0.05, 0) is 74.6 Å². The van der Waals surface area contributed by atoms with Crippen LogP contribution in [0.4, 0.5) is 5.69 Å². The van der Waals surface area contributed by atoms with Crippen molar-refractivity contribution in [3.63, 3.8) is 0 Å². The first kappa shape index (κ1) is 25.4. The Morgan fingerprint density at radius 2 is 1.47 bits per heavy atom. The van der Waals surface area contributed by atoms with E-state index in [-0.39, 0.29) is 17.9 Å². The Bertz CT molecular complexity index is 1100. The van der Waals surface area contributed by atoms with Crippen molar-refractivity contribution in [2.24, 2.45) is 0 Å². The van der Waals surface area contributed by atoms with Gasteiger partial charge in [0.05, 0.1) is 24.1 Å². The van der Waals surface area contributed by atoms with Gasteiger partial charge in [-0.3, -0.25) is 9.59 Å². The summed E-state index contributed by atoms with van der Waals surface area (Å²) in [6.07, 6.45) is -0.205. The number of amides is 1. The van der Waals surface area contributed by atoms with E-state index in [0.29, 0.717) is 22.6 Å². The van der Waals surface area contributed by atoms with Crippen molar-refractivity contribution < 1.29 is 27.5 Å². The van der Waals surface area contributed by atoms with Crippen LogP contribution >= 0.6 is 0 Å². The number of carbonyl (C=O) groups is 2. The number of nitrogens with one attached hydrogen (secondary N) is 2. The van der Waals surface area contributed by atoms with E-state index < -0.39 is 28.5 Å². The van der Waals surface area contributed by atoms with Gasteiger partial charge in [-0.15, -0.1) is 0 Å². The Hall–Kier alpha value is -2.91. The van der Waals surface area contributed by atoms with Gasteiger partial charge < -0.3 is 14.8 Å². The lowest BCUT2D eigenvalue weighted by Gasteiger charge is -2.19. The summed E-state index contributed by atoms with van der Waals surface area (Å²) in [5.41, 5.74) is 4.75. The monoisotopic (exact) mass is 462 g/mol. The van der Waals surface area contributed by atoms with Crippen molar-refractivity contribution in [3.05, 3.63) is 52.1 Å². The van der Waals surface area contributed by atoms with Gasteiger partial charge in [0.15, 0.2) is 6.61 Å². The molecule has 8 nitrogen and oxygen atoms in total. The third-order valence-corrected chi connectivity index (χ3v) is 7.30. The molecule has 0 bridgehead atoms. The second-order valence-corrected chi connectivity index (χ2v) is 9.21. The first-order chi connectivity index (χ1) is 15.0. The number of benzene rings is 2. The molecule has 0 saturated heterocycles. The van der Waals surface area contributed by atoms with Gasteiger partial charge in [0, 0.05) is 6.54 Å². The Morgan fingerprint density at radius 3 is 2.06 bits per heavy atom. The molecule has 2 N–H and O–H groups in total. The highest BCUT2D eigenvalue weighted by molar-refractivity contribution is 7.89. The van der Waals surface area contributed by atoms with Crippen molar-refractivity contribution in [1.82, 2.24) is 4.72 Å². The minimum absolute atomic E-state index is 0.139. The van der Waals surface area contributed by atoms with Crippen LogP contribution in [-0.2, 0) is 24.3 Å². The summed E-state index contributed by atoms with van der Waals surface area (Å²) < 4.78 is 38.3. The molecule has 2 aromatic carbocycles. The molecule has 0 radical (unpaired) electrons. The smallest absolute Gasteiger partial charge is 0.307 e. The molecular weight excluding hydrogens is 432 g/mol. The zero-order valence-electron chi connectivity index (χ0n) is 19.3. The van der Waals surface area contributed by atoms with Crippen LogP contribution in [0, 0.1) is 34.6 Å². The number of anilines is 1. The van der Waals surface area contributed by atoms with Crippen LogP contribution in [0.2, 0.25) is 0 Å². The molecule has 32 heavy (non-hydrogen) atoms. The minimum atomic E-state index is -3.81. The average Bonchev–Trinajstić information content (AvgIpc) is 2.75. The molecule has 0 saturated carbocycles. The van der Waals surface area contributed by atoms with E-state index in [1.54, 1.807) is 38.1 Å². The third kappa shape index (κ3) is 5.86. The number of carbonyl (C=O) groups excluding carboxylic acids is 2. The number of ether oxygens (including phenoxy) is 2. The second-order valence-electron chi connectivity index (χ2n) is 7.51. The normalized spacial score (nSPS) is 11.2. The van der Waals surface area contributed by atoms with Crippen molar-refractivity contribution in [1.29, 1.82) is 0 Å². The summed E-state index contributed by atoms with van der Waals surface area (Å²) in [6, 6.07) is 6.84. The van der Waals surface area contributed by atoms with Crippen LogP contribution in [0.15, 0.2) is 29.2 Å². The number of sulfonamides is 1. The first-order valence-corrected chi connectivity index (χ1v) is 11.6. The van der Waals surface area contributed by atoms with E-state index in [0.717, 1.165) is 16.7 Å². The summed E-state index contributed by atoms with van der Waals surface area (Å²) in [6.45, 7) is 8.68. The lowest BCUT2D eigenvalue weighted by atomic mass is 9.95. The Labute approximate surface area is 189 Å². The predicted molar refractivity (Wildman–Crippen MR) is 123 cm³/mol. The van der Waals surface area contributed by atoms with Crippen molar-refractivity contribution in [3.8, 4) is 5.75 Å². The van der Waals surface area contributed by atoms with E-state index in [9.17, 15) is 18.0 Å². The molecule has 0 aliphatic carbocycles. The zero-order chi connectivity index (χ0) is 24.1. The summed E-state index contributed by atoms with van der Waals surface area (Å²) >= 11 is 0. The molecule has 0 spiro atoms. The largest absolute Gasteiger partial charge is 0.495 e. The van der Waals surface area contributed by atoms with Gasteiger partial charge in [0.1, 0.15) is 5.75 Å². The maximum absolute atomic E-state index is 12.9. The number of esters is 1. The molecule has 1 amide bonds. The van der Waals surface area contributed by atoms with Gasteiger partial charge >= 0.3 is 5.97 Å². The second kappa shape index (κ2) is 10.6. The Balaban J connectivity index is 1.91. The number of methoxy groups -OCH3 is 1. The quantitative estimate of drug-likeness (QED) is 0.554. The molecule has 174 valence electrons. The van der Waals surface area contributed by atoms with Gasteiger partial charge in [-0.1, -0.05) is 12.1 Å².